The molecule has 0 aliphatic heterocycles. The maximum Gasteiger partial charge on any atom is 0.244 e. The third-order valence-corrected chi connectivity index (χ3v) is 6.70. The normalized spacial score (nSPS) is 15.3. The predicted octanol–water partition coefficient (Wildman–Crippen LogP) is 4.18. The van der Waals surface area contributed by atoms with Crippen LogP contribution in [0.2, 0.25) is 0 Å². The lowest BCUT2D eigenvalue weighted by atomic mass is 9.92. The van der Waals surface area contributed by atoms with Crippen molar-refractivity contribution in [3.8, 4) is 5.75 Å². The van der Waals surface area contributed by atoms with Crippen LogP contribution in [0.25, 0.3) is 0 Å². The highest BCUT2D eigenvalue weighted by Gasteiger charge is 2.25. The summed E-state index contributed by atoms with van der Waals surface area (Å²) in [6.07, 6.45) is 5.12. The summed E-state index contributed by atoms with van der Waals surface area (Å²) in [5, 5.41) is 0. The number of nitrogens with one attached hydrogen (secondary N) is 1. The van der Waals surface area contributed by atoms with Crippen LogP contribution in [0.3, 0.4) is 0 Å². The monoisotopic (exact) mass is 373 g/mol. The minimum absolute atomic E-state index is 0.234. The number of sulfonamides is 1. The number of aryl methyl sites for hydroxylation is 3. The van der Waals surface area contributed by atoms with Gasteiger partial charge in [0.2, 0.25) is 10.0 Å². The van der Waals surface area contributed by atoms with Crippen molar-refractivity contribution in [2.75, 3.05) is 7.11 Å². The number of benzene rings is 2. The molecule has 1 atom stereocenters. The smallest absolute Gasteiger partial charge is 0.244 e. The summed E-state index contributed by atoms with van der Waals surface area (Å²) < 4.78 is 34.2. The van der Waals surface area contributed by atoms with Gasteiger partial charge in [-0.1, -0.05) is 31.2 Å². The summed E-state index contributed by atoms with van der Waals surface area (Å²) in [5.41, 5.74) is 4.51. The summed E-state index contributed by atoms with van der Waals surface area (Å²) in [6.45, 7) is 3.97. The quantitative estimate of drug-likeness (QED) is 0.826. The Kier molecular flexibility index (Phi) is 5.68. The molecule has 1 aliphatic carbocycles. The largest absolute Gasteiger partial charge is 0.495 e. The predicted molar refractivity (Wildman–Crippen MR) is 104 cm³/mol. The Hall–Kier alpha value is -1.85. The van der Waals surface area contributed by atoms with Gasteiger partial charge in [-0.15, -0.1) is 0 Å². The van der Waals surface area contributed by atoms with Gasteiger partial charge in [-0.2, -0.15) is 0 Å². The highest BCUT2D eigenvalue weighted by atomic mass is 32.2. The van der Waals surface area contributed by atoms with Crippen molar-refractivity contribution in [1.82, 2.24) is 4.72 Å². The van der Waals surface area contributed by atoms with Crippen molar-refractivity contribution >= 4 is 10.0 Å². The van der Waals surface area contributed by atoms with E-state index in [0.717, 1.165) is 43.2 Å². The molecule has 0 saturated heterocycles. The van der Waals surface area contributed by atoms with Gasteiger partial charge in [0.1, 0.15) is 10.6 Å². The third-order valence-electron chi connectivity index (χ3n) is 5.14. The molecule has 0 unspecified atom stereocenters. The van der Waals surface area contributed by atoms with Crippen LogP contribution >= 0.6 is 0 Å². The van der Waals surface area contributed by atoms with Crippen LogP contribution in [-0.2, 0) is 29.3 Å². The van der Waals surface area contributed by atoms with Crippen molar-refractivity contribution in [3.63, 3.8) is 0 Å². The molecular weight excluding hydrogens is 346 g/mol. The fourth-order valence-corrected chi connectivity index (χ4v) is 4.95. The van der Waals surface area contributed by atoms with E-state index in [1.807, 2.05) is 37.3 Å². The lowest BCUT2D eigenvalue weighted by Crippen LogP contribution is -2.27. The molecule has 4 nitrogen and oxygen atoms in total. The first-order valence-corrected chi connectivity index (χ1v) is 10.7. The molecule has 140 valence electrons. The minimum atomic E-state index is -3.67. The molecule has 0 fully saturated rings. The van der Waals surface area contributed by atoms with E-state index in [4.69, 9.17) is 4.74 Å². The van der Waals surface area contributed by atoms with Crippen LogP contribution in [-0.4, -0.2) is 15.5 Å². The third kappa shape index (κ3) is 3.94. The van der Waals surface area contributed by atoms with Gasteiger partial charge in [0.25, 0.3) is 0 Å². The van der Waals surface area contributed by atoms with Gasteiger partial charge in [-0.05, 0) is 73.4 Å². The van der Waals surface area contributed by atoms with E-state index in [2.05, 4.69) is 11.6 Å². The van der Waals surface area contributed by atoms with E-state index >= 15 is 0 Å². The van der Waals surface area contributed by atoms with Gasteiger partial charge in [0.15, 0.2) is 0 Å². The molecule has 1 N–H and O–H groups in total. The van der Waals surface area contributed by atoms with Crippen LogP contribution in [0.1, 0.15) is 55.0 Å². The van der Waals surface area contributed by atoms with Gasteiger partial charge in [-0.25, -0.2) is 13.1 Å². The van der Waals surface area contributed by atoms with E-state index in [1.54, 1.807) is 6.07 Å². The van der Waals surface area contributed by atoms with Crippen LogP contribution < -0.4 is 9.46 Å². The number of methoxy groups -OCH3 is 1. The van der Waals surface area contributed by atoms with Gasteiger partial charge in [-0.3, -0.25) is 0 Å². The second kappa shape index (κ2) is 7.80. The first-order chi connectivity index (χ1) is 12.4. The van der Waals surface area contributed by atoms with Crippen LogP contribution in [0, 0.1) is 0 Å². The van der Waals surface area contributed by atoms with E-state index in [0.29, 0.717) is 5.75 Å². The van der Waals surface area contributed by atoms with Crippen LogP contribution in [0.5, 0.6) is 5.75 Å². The standard InChI is InChI=1S/C21H27NO3S/c1-4-16-9-11-17(12-10-16)15(2)22-26(23,24)21-14-19-8-6-5-7-18(19)13-20(21)25-3/h9-15,22H,4-8H2,1-3H3/t15-/m0/s1. The molecule has 0 heterocycles. The SMILES string of the molecule is CCc1ccc([C@H](C)NS(=O)(=O)c2cc3c(cc2OC)CCCC3)cc1. The maximum atomic E-state index is 13.0. The van der Waals surface area contributed by atoms with E-state index < -0.39 is 10.0 Å². The fraction of sp³-hybridized carbons (Fsp3) is 0.429. The Labute approximate surface area is 156 Å². The number of hydrogen-bond donors (Lipinski definition) is 1. The minimum Gasteiger partial charge on any atom is -0.495 e. The van der Waals surface area contributed by atoms with Gasteiger partial charge in [0, 0.05) is 6.04 Å². The zero-order chi connectivity index (χ0) is 18.7. The number of ether oxygens (including phenoxy) is 1. The molecule has 0 amide bonds. The van der Waals surface area contributed by atoms with Crippen molar-refractivity contribution in [2.45, 2.75) is 56.9 Å². The first kappa shape index (κ1) is 18.9. The van der Waals surface area contributed by atoms with Crippen molar-refractivity contribution in [1.29, 1.82) is 0 Å². The van der Waals surface area contributed by atoms with Crippen molar-refractivity contribution < 1.29 is 13.2 Å². The summed E-state index contributed by atoms with van der Waals surface area (Å²) in [7, 11) is -2.15. The summed E-state index contributed by atoms with van der Waals surface area (Å²) in [5.74, 6) is 0.423. The van der Waals surface area contributed by atoms with Crippen molar-refractivity contribution in [3.05, 3.63) is 58.7 Å². The zero-order valence-corrected chi connectivity index (χ0v) is 16.5. The molecule has 3 rings (SSSR count). The van der Waals surface area contributed by atoms with Crippen LogP contribution in [0.4, 0.5) is 0 Å². The summed E-state index contributed by atoms with van der Waals surface area (Å²) in [4.78, 5) is 0.234. The van der Waals surface area contributed by atoms with Gasteiger partial charge in [0.05, 0.1) is 7.11 Å². The summed E-state index contributed by atoms with van der Waals surface area (Å²) in [6, 6.07) is 11.4. The second-order valence-electron chi connectivity index (χ2n) is 6.92. The molecule has 0 spiro atoms. The van der Waals surface area contributed by atoms with Crippen LogP contribution in [0.15, 0.2) is 41.3 Å². The van der Waals surface area contributed by atoms with E-state index in [-0.39, 0.29) is 10.9 Å². The van der Waals surface area contributed by atoms with E-state index in [9.17, 15) is 8.42 Å². The number of fused-ring (bicyclic) bond motifs is 1. The molecule has 2 aromatic carbocycles. The maximum absolute atomic E-state index is 13.0. The molecule has 0 bridgehead atoms. The Morgan fingerprint density at radius 3 is 2.27 bits per heavy atom. The van der Waals surface area contributed by atoms with Gasteiger partial charge >= 0.3 is 0 Å². The molecule has 0 aromatic heterocycles. The molecule has 0 saturated carbocycles. The molecule has 1 aliphatic rings. The molecule has 2 aromatic rings. The van der Waals surface area contributed by atoms with Gasteiger partial charge < -0.3 is 4.74 Å². The summed E-state index contributed by atoms with van der Waals surface area (Å²) >= 11 is 0. The number of rotatable bonds is 6. The molecular formula is C21H27NO3S. The topological polar surface area (TPSA) is 55.4 Å². The number of hydrogen-bond acceptors (Lipinski definition) is 3. The Balaban J connectivity index is 1.89. The molecule has 5 heteroatoms. The lowest BCUT2D eigenvalue weighted by molar-refractivity contribution is 0.400. The average molecular weight is 374 g/mol. The molecule has 26 heavy (non-hydrogen) atoms. The average Bonchev–Trinajstić information content (AvgIpc) is 2.66. The fourth-order valence-electron chi connectivity index (χ4n) is 3.52. The highest BCUT2D eigenvalue weighted by molar-refractivity contribution is 7.89. The Morgan fingerprint density at radius 1 is 1.08 bits per heavy atom. The highest BCUT2D eigenvalue weighted by Crippen LogP contribution is 2.32. The molecule has 0 radical (unpaired) electrons. The van der Waals surface area contributed by atoms with Crippen molar-refractivity contribution in [2.24, 2.45) is 0 Å². The second-order valence-corrected chi connectivity index (χ2v) is 8.60. The van der Waals surface area contributed by atoms with E-state index in [1.165, 1.54) is 18.2 Å². The first-order valence-electron chi connectivity index (χ1n) is 9.25. The lowest BCUT2D eigenvalue weighted by Gasteiger charge is -2.21. The Morgan fingerprint density at radius 2 is 1.69 bits per heavy atom. The zero-order valence-electron chi connectivity index (χ0n) is 15.7. The Bertz CT molecular complexity index is 873.